The second-order valence-corrected chi connectivity index (χ2v) is 6.66. The normalized spacial score (nSPS) is 11.6. The first kappa shape index (κ1) is 21.1. The zero-order valence-electron chi connectivity index (χ0n) is 16.6. The van der Waals surface area contributed by atoms with Crippen LogP contribution in [0.3, 0.4) is 0 Å². The molecule has 0 saturated heterocycles. The average Bonchev–Trinajstić information content (AvgIpc) is 2.65. The predicted octanol–water partition coefficient (Wildman–Crippen LogP) is 2.37. The van der Waals surface area contributed by atoms with Crippen LogP contribution in [0.1, 0.15) is 22.7 Å². The Morgan fingerprint density at radius 1 is 1.04 bits per heavy atom. The highest BCUT2D eigenvalue weighted by Crippen LogP contribution is 2.20. The summed E-state index contributed by atoms with van der Waals surface area (Å²) in [6.45, 7) is 3.85. The van der Waals surface area contributed by atoms with E-state index < -0.39 is 18.0 Å². The summed E-state index contributed by atoms with van der Waals surface area (Å²) in [5, 5.41) is 7.53. The number of aryl methyl sites for hydroxylation is 2. The van der Waals surface area contributed by atoms with Gasteiger partial charge in [-0.3, -0.25) is 19.8 Å². The van der Waals surface area contributed by atoms with Crippen molar-refractivity contribution in [1.82, 2.24) is 15.5 Å². The minimum Gasteiger partial charge on any atom is -0.341 e. The van der Waals surface area contributed by atoms with Gasteiger partial charge in [0.05, 0.1) is 6.54 Å². The van der Waals surface area contributed by atoms with E-state index >= 15 is 0 Å². The molecule has 0 aliphatic rings. The van der Waals surface area contributed by atoms with Crippen LogP contribution in [0.4, 0.5) is 10.5 Å². The minimum absolute atomic E-state index is 0.0197. The van der Waals surface area contributed by atoms with E-state index in [4.69, 9.17) is 0 Å². The number of hydrogen-bond donors (Lipinski definition) is 3. The molecule has 3 N–H and O–H groups in total. The highest BCUT2D eigenvalue weighted by Gasteiger charge is 2.27. The van der Waals surface area contributed by atoms with Gasteiger partial charge in [0.25, 0.3) is 0 Å². The van der Waals surface area contributed by atoms with Gasteiger partial charge in [-0.25, -0.2) is 4.79 Å². The summed E-state index contributed by atoms with van der Waals surface area (Å²) >= 11 is 0. The van der Waals surface area contributed by atoms with Gasteiger partial charge in [0, 0.05) is 12.7 Å². The Morgan fingerprint density at radius 2 is 1.71 bits per heavy atom. The highest BCUT2D eigenvalue weighted by molar-refractivity contribution is 5.98. The average molecular weight is 382 g/mol. The van der Waals surface area contributed by atoms with E-state index in [1.54, 1.807) is 36.2 Å². The van der Waals surface area contributed by atoms with Crippen molar-refractivity contribution >= 4 is 23.5 Å². The van der Waals surface area contributed by atoms with Crippen molar-refractivity contribution in [3.8, 4) is 0 Å². The van der Waals surface area contributed by atoms with Gasteiger partial charge in [-0.2, -0.15) is 0 Å². The SMILES string of the molecule is CNC(=O)NC(=O)[C@H](c1ccccc1)N(C)CC(=O)Nc1cc(C)ccc1C. The molecule has 28 heavy (non-hydrogen) atoms. The fourth-order valence-electron chi connectivity index (χ4n) is 2.86. The Hall–Kier alpha value is -3.19. The summed E-state index contributed by atoms with van der Waals surface area (Å²) in [6.07, 6.45) is 0. The van der Waals surface area contributed by atoms with Crippen LogP contribution in [0.5, 0.6) is 0 Å². The summed E-state index contributed by atoms with van der Waals surface area (Å²) in [7, 11) is 3.10. The second-order valence-electron chi connectivity index (χ2n) is 6.66. The van der Waals surface area contributed by atoms with Gasteiger partial charge in [-0.1, -0.05) is 42.5 Å². The van der Waals surface area contributed by atoms with E-state index in [0.717, 1.165) is 16.8 Å². The van der Waals surface area contributed by atoms with E-state index in [1.807, 2.05) is 38.1 Å². The quantitative estimate of drug-likeness (QED) is 0.715. The Balaban J connectivity index is 2.16. The lowest BCUT2D eigenvalue weighted by molar-refractivity contribution is -0.126. The van der Waals surface area contributed by atoms with Crippen molar-refractivity contribution < 1.29 is 14.4 Å². The second kappa shape index (κ2) is 9.66. The smallest absolute Gasteiger partial charge is 0.321 e. The molecule has 0 spiro atoms. The zero-order chi connectivity index (χ0) is 20.7. The Bertz CT molecular complexity index is 852. The van der Waals surface area contributed by atoms with Gasteiger partial charge in [0.15, 0.2) is 0 Å². The van der Waals surface area contributed by atoms with E-state index in [-0.39, 0.29) is 12.5 Å². The van der Waals surface area contributed by atoms with Gasteiger partial charge in [0.1, 0.15) is 6.04 Å². The van der Waals surface area contributed by atoms with Gasteiger partial charge in [-0.15, -0.1) is 0 Å². The fraction of sp³-hybridized carbons (Fsp3) is 0.286. The van der Waals surface area contributed by atoms with Gasteiger partial charge < -0.3 is 10.6 Å². The molecule has 0 fully saturated rings. The molecule has 0 bridgehead atoms. The molecule has 7 heteroatoms. The van der Waals surface area contributed by atoms with Crippen LogP contribution in [-0.2, 0) is 9.59 Å². The monoisotopic (exact) mass is 382 g/mol. The zero-order valence-corrected chi connectivity index (χ0v) is 16.6. The first-order valence-corrected chi connectivity index (χ1v) is 8.96. The Kier molecular flexibility index (Phi) is 7.28. The molecule has 4 amide bonds. The standard InChI is InChI=1S/C21H26N4O3/c1-14-10-11-15(2)17(12-14)23-18(26)13-25(4)19(16-8-6-5-7-9-16)20(27)24-21(28)22-3/h5-12,19H,13H2,1-4H3,(H,23,26)(H2,22,24,27,28)/t19-/m0/s1. The molecule has 0 heterocycles. The first-order valence-electron chi connectivity index (χ1n) is 8.96. The minimum atomic E-state index is -0.789. The van der Waals surface area contributed by atoms with Crippen LogP contribution < -0.4 is 16.0 Å². The number of rotatable bonds is 6. The largest absolute Gasteiger partial charge is 0.341 e. The molecule has 0 aliphatic carbocycles. The Morgan fingerprint density at radius 3 is 2.36 bits per heavy atom. The van der Waals surface area contributed by atoms with E-state index in [0.29, 0.717) is 5.56 Å². The third-order valence-electron chi connectivity index (χ3n) is 4.33. The number of hydrogen-bond acceptors (Lipinski definition) is 4. The van der Waals surface area contributed by atoms with Crippen molar-refractivity contribution in [3.05, 3.63) is 65.2 Å². The molecule has 148 valence electrons. The number of benzene rings is 2. The molecule has 0 unspecified atom stereocenters. The van der Waals surface area contributed by atoms with Crippen LogP contribution in [0.2, 0.25) is 0 Å². The molecule has 1 atom stereocenters. The van der Waals surface area contributed by atoms with Crippen molar-refractivity contribution in [2.24, 2.45) is 0 Å². The maximum atomic E-state index is 12.6. The number of urea groups is 1. The van der Waals surface area contributed by atoms with Crippen molar-refractivity contribution in [3.63, 3.8) is 0 Å². The summed E-state index contributed by atoms with van der Waals surface area (Å²) in [6, 6.07) is 13.5. The summed E-state index contributed by atoms with van der Waals surface area (Å²) in [5.41, 5.74) is 3.43. The molecular formula is C21H26N4O3. The number of likely N-dealkylation sites (N-methyl/N-ethyl adjacent to an activating group) is 1. The molecule has 0 radical (unpaired) electrons. The number of imide groups is 1. The maximum Gasteiger partial charge on any atom is 0.321 e. The van der Waals surface area contributed by atoms with Crippen molar-refractivity contribution in [2.45, 2.75) is 19.9 Å². The summed E-state index contributed by atoms with van der Waals surface area (Å²) in [4.78, 5) is 38.4. The molecular weight excluding hydrogens is 356 g/mol. The number of nitrogens with zero attached hydrogens (tertiary/aromatic N) is 1. The number of anilines is 1. The Labute approximate surface area is 165 Å². The molecule has 7 nitrogen and oxygen atoms in total. The van der Waals surface area contributed by atoms with Crippen LogP contribution in [0.25, 0.3) is 0 Å². The van der Waals surface area contributed by atoms with Crippen molar-refractivity contribution in [1.29, 1.82) is 0 Å². The lowest BCUT2D eigenvalue weighted by atomic mass is 10.0. The topological polar surface area (TPSA) is 90.5 Å². The first-order chi connectivity index (χ1) is 13.3. The van der Waals surface area contributed by atoms with Crippen LogP contribution in [0.15, 0.2) is 48.5 Å². The predicted molar refractivity (Wildman–Crippen MR) is 109 cm³/mol. The molecule has 2 rings (SSSR count). The number of nitrogens with one attached hydrogen (secondary N) is 3. The molecule has 2 aromatic rings. The van der Waals surface area contributed by atoms with E-state index in [1.165, 1.54) is 7.05 Å². The maximum absolute atomic E-state index is 12.6. The summed E-state index contributed by atoms with van der Waals surface area (Å²) in [5.74, 6) is -0.752. The fourth-order valence-corrected chi connectivity index (χ4v) is 2.86. The number of amides is 4. The molecule has 0 saturated carbocycles. The summed E-state index contributed by atoms with van der Waals surface area (Å²) < 4.78 is 0. The van der Waals surface area contributed by atoms with Crippen LogP contribution >= 0.6 is 0 Å². The third kappa shape index (κ3) is 5.65. The van der Waals surface area contributed by atoms with Gasteiger partial charge in [0.2, 0.25) is 11.8 Å². The molecule has 0 aromatic heterocycles. The number of carbonyl (C=O) groups is 3. The van der Waals surface area contributed by atoms with Crippen molar-refractivity contribution in [2.75, 3.05) is 26.0 Å². The lowest BCUT2D eigenvalue weighted by Gasteiger charge is -2.26. The lowest BCUT2D eigenvalue weighted by Crippen LogP contribution is -2.46. The van der Waals surface area contributed by atoms with Gasteiger partial charge >= 0.3 is 6.03 Å². The van der Waals surface area contributed by atoms with Gasteiger partial charge in [-0.05, 0) is 43.7 Å². The van der Waals surface area contributed by atoms with Crippen LogP contribution in [-0.4, -0.2) is 43.4 Å². The highest BCUT2D eigenvalue weighted by atomic mass is 16.2. The van der Waals surface area contributed by atoms with E-state index in [9.17, 15) is 14.4 Å². The number of carbonyl (C=O) groups excluding carboxylic acids is 3. The van der Waals surface area contributed by atoms with Crippen LogP contribution in [0, 0.1) is 13.8 Å². The molecule has 0 aliphatic heterocycles. The third-order valence-corrected chi connectivity index (χ3v) is 4.33. The van der Waals surface area contributed by atoms with E-state index in [2.05, 4.69) is 16.0 Å². The molecule has 2 aromatic carbocycles.